The Bertz CT molecular complexity index is 602. The quantitative estimate of drug-likeness (QED) is 0.891. The van der Waals surface area contributed by atoms with Gasteiger partial charge >= 0.3 is 5.97 Å². The number of hydrogen-bond acceptors (Lipinski definition) is 4. The molecule has 1 aromatic carbocycles. The van der Waals surface area contributed by atoms with E-state index in [9.17, 15) is 4.79 Å². The average Bonchev–Trinajstić information content (AvgIpc) is 2.28. The Balaban J connectivity index is 2.31. The van der Waals surface area contributed by atoms with Crippen molar-refractivity contribution in [2.24, 2.45) is 0 Å². The third-order valence-corrected chi connectivity index (χ3v) is 2.39. The van der Waals surface area contributed by atoms with Crippen molar-refractivity contribution >= 4 is 29.2 Å². The molecule has 2 rings (SSSR count). The monoisotopic (exact) mass is 263 g/mol. The first kappa shape index (κ1) is 12.3. The highest BCUT2D eigenvalue weighted by molar-refractivity contribution is 6.30. The first-order chi connectivity index (χ1) is 8.54. The molecule has 18 heavy (non-hydrogen) atoms. The van der Waals surface area contributed by atoms with E-state index in [-0.39, 0.29) is 11.6 Å². The maximum atomic E-state index is 10.9. The van der Waals surface area contributed by atoms with Crippen molar-refractivity contribution in [2.75, 3.05) is 5.32 Å². The van der Waals surface area contributed by atoms with Crippen LogP contribution < -0.4 is 5.32 Å². The van der Waals surface area contributed by atoms with E-state index in [4.69, 9.17) is 16.7 Å². The van der Waals surface area contributed by atoms with Crippen molar-refractivity contribution in [3.8, 4) is 0 Å². The number of aryl methyl sites for hydroxylation is 1. The zero-order valence-corrected chi connectivity index (χ0v) is 10.3. The normalized spacial score (nSPS) is 10.1. The Labute approximate surface area is 108 Å². The van der Waals surface area contributed by atoms with E-state index in [1.54, 1.807) is 31.2 Å². The molecule has 5 nitrogen and oxygen atoms in total. The highest BCUT2D eigenvalue weighted by atomic mass is 35.5. The summed E-state index contributed by atoms with van der Waals surface area (Å²) in [7, 11) is 0. The lowest BCUT2D eigenvalue weighted by atomic mass is 10.3. The van der Waals surface area contributed by atoms with Crippen LogP contribution in [0.25, 0.3) is 0 Å². The first-order valence-corrected chi connectivity index (χ1v) is 5.54. The number of benzene rings is 1. The van der Waals surface area contributed by atoms with Gasteiger partial charge in [-0.05, 0) is 31.2 Å². The molecule has 1 heterocycles. The third-order valence-electron chi connectivity index (χ3n) is 2.15. The number of carboxylic acids is 1. The SMILES string of the molecule is Cc1cc(C(=O)O)nc(Nc2cccc(Cl)c2)n1. The van der Waals surface area contributed by atoms with Crippen LogP contribution in [0.1, 0.15) is 16.2 Å². The van der Waals surface area contributed by atoms with Crippen LogP contribution in [0.5, 0.6) is 0 Å². The molecule has 0 saturated heterocycles. The summed E-state index contributed by atoms with van der Waals surface area (Å²) in [5.41, 5.74) is 1.23. The predicted octanol–water partition coefficient (Wildman–Crippen LogP) is 2.88. The topological polar surface area (TPSA) is 75.1 Å². The zero-order valence-electron chi connectivity index (χ0n) is 9.51. The number of aromatic carboxylic acids is 1. The van der Waals surface area contributed by atoms with Crippen LogP contribution in [-0.4, -0.2) is 21.0 Å². The van der Waals surface area contributed by atoms with Crippen LogP contribution >= 0.6 is 11.6 Å². The van der Waals surface area contributed by atoms with E-state index in [0.29, 0.717) is 16.4 Å². The second-order valence-corrected chi connectivity index (χ2v) is 4.10. The van der Waals surface area contributed by atoms with Gasteiger partial charge in [0, 0.05) is 16.4 Å². The average molecular weight is 264 g/mol. The summed E-state index contributed by atoms with van der Waals surface area (Å²) in [6, 6.07) is 8.42. The number of carboxylic acid groups (broad SMARTS) is 1. The van der Waals surface area contributed by atoms with E-state index in [2.05, 4.69) is 15.3 Å². The molecule has 6 heteroatoms. The Morgan fingerprint density at radius 3 is 2.78 bits per heavy atom. The number of carbonyl (C=O) groups is 1. The fraction of sp³-hybridized carbons (Fsp3) is 0.0833. The molecule has 0 aliphatic heterocycles. The number of anilines is 2. The molecule has 0 fully saturated rings. The number of nitrogens with zero attached hydrogens (tertiary/aromatic N) is 2. The maximum absolute atomic E-state index is 10.9. The van der Waals surface area contributed by atoms with E-state index < -0.39 is 5.97 Å². The van der Waals surface area contributed by atoms with Gasteiger partial charge < -0.3 is 10.4 Å². The summed E-state index contributed by atoms with van der Waals surface area (Å²) >= 11 is 5.85. The van der Waals surface area contributed by atoms with Gasteiger partial charge in [0.15, 0.2) is 5.69 Å². The van der Waals surface area contributed by atoms with Crippen LogP contribution in [0.15, 0.2) is 30.3 Å². The molecule has 0 amide bonds. The van der Waals surface area contributed by atoms with Gasteiger partial charge in [-0.25, -0.2) is 14.8 Å². The number of aromatic nitrogens is 2. The lowest BCUT2D eigenvalue weighted by Crippen LogP contribution is -2.06. The molecule has 0 aliphatic carbocycles. The van der Waals surface area contributed by atoms with Crippen molar-refractivity contribution in [1.29, 1.82) is 0 Å². The van der Waals surface area contributed by atoms with E-state index in [1.807, 2.05) is 0 Å². The van der Waals surface area contributed by atoms with Gasteiger partial charge in [-0.2, -0.15) is 0 Å². The predicted molar refractivity (Wildman–Crippen MR) is 68.5 cm³/mol. The van der Waals surface area contributed by atoms with E-state index in [1.165, 1.54) is 6.07 Å². The summed E-state index contributed by atoms with van der Waals surface area (Å²) in [6.45, 7) is 1.71. The zero-order chi connectivity index (χ0) is 13.1. The fourth-order valence-electron chi connectivity index (χ4n) is 1.43. The second-order valence-electron chi connectivity index (χ2n) is 3.66. The number of halogens is 1. The van der Waals surface area contributed by atoms with Crippen LogP contribution in [-0.2, 0) is 0 Å². The Hall–Kier alpha value is -2.14. The summed E-state index contributed by atoms with van der Waals surface area (Å²) in [6.07, 6.45) is 0. The Morgan fingerprint density at radius 2 is 2.11 bits per heavy atom. The van der Waals surface area contributed by atoms with Crippen molar-refractivity contribution in [3.05, 3.63) is 46.7 Å². The number of hydrogen-bond donors (Lipinski definition) is 2. The van der Waals surface area contributed by atoms with Crippen molar-refractivity contribution in [2.45, 2.75) is 6.92 Å². The molecular weight excluding hydrogens is 254 g/mol. The fourth-order valence-corrected chi connectivity index (χ4v) is 1.62. The van der Waals surface area contributed by atoms with Gasteiger partial charge in [-0.3, -0.25) is 0 Å². The second kappa shape index (κ2) is 5.01. The molecule has 0 unspecified atom stereocenters. The molecule has 0 aliphatic rings. The lowest BCUT2D eigenvalue weighted by Gasteiger charge is -2.06. The molecule has 0 spiro atoms. The summed E-state index contributed by atoms with van der Waals surface area (Å²) in [5.74, 6) is -0.857. The number of nitrogens with one attached hydrogen (secondary N) is 1. The van der Waals surface area contributed by atoms with Gasteiger partial charge in [0.1, 0.15) is 0 Å². The van der Waals surface area contributed by atoms with E-state index >= 15 is 0 Å². The van der Waals surface area contributed by atoms with Crippen LogP contribution in [0.3, 0.4) is 0 Å². The molecule has 0 saturated carbocycles. The highest BCUT2D eigenvalue weighted by Gasteiger charge is 2.08. The standard InChI is InChI=1S/C12H10ClN3O2/c1-7-5-10(11(17)18)16-12(14-7)15-9-4-2-3-8(13)6-9/h2-6H,1H3,(H,17,18)(H,14,15,16). The Morgan fingerprint density at radius 1 is 1.33 bits per heavy atom. The largest absolute Gasteiger partial charge is 0.477 e. The third kappa shape index (κ3) is 2.95. The van der Waals surface area contributed by atoms with Crippen molar-refractivity contribution in [1.82, 2.24) is 9.97 Å². The van der Waals surface area contributed by atoms with Gasteiger partial charge in [-0.1, -0.05) is 17.7 Å². The van der Waals surface area contributed by atoms with Gasteiger partial charge in [0.25, 0.3) is 0 Å². The molecule has 0 radical (unpaired) electrons. The molecule has 92 valence electrons. The minimum atomic E-state index is -1.09. The molecular formula is C12H10ClN3O2. The van der Waals surface area contributed by atoms with Crippen molar-refractivity contribution in [3.63, 3.8) is 0 Å². The van der Waals surface area contributed by atoms with E-state index in [0.717, 1.165) is 0 Å². The molecule has 0 atom stereocenters. The molecule has 2 aromatic rings. The minimum Gasteiger partial charge on any atom is -0.477 e. The summed E-state index contributed by atoms with van der Waals surface area (Å²) < 4.78 is 0. The van der Waals surface area contributed by atoms with Gasteiger partial charge in [0.05, 0.1) is 0 Å². The molecule has 1 aromatic heterocycles. The number of rotatable bonds is 3. The van der Waals surface area contributed by atoms with Crippen LogP contribution in [0, 0.1) is 6.92 Å². The highest BCUT2D eigenvalue weighted by Crippen LogP contribution is 2.18. The van der Waals surface area contributed by atoms with Crippen LogP contribution in [0.4, 0.5) is 11.6 Å². The first-order valence-electron chi connectivity index (χ1n) is 5.16. The van der Waals surface area contributed by atoms with Crippen LogP contribution in [0.2, 0.25) is 5.02 Å². The van der Waals surface area contributed by atoms with Crippen molar-refractivity contribution < 1.29 is 9.90 Å². The van der Waals surface area contributed by atoms with Gasteiger partial charge in [0.2, 0.25) is 5.95 Å². The summed E-state index contributed by atoms with van der Waals surface area (Å²) in [4.78, 5) is 18.9. The Kier molecular flexibility index (Phi) is 3.43. The smallest absolute Gasteiger partial charge is 0.354 e. The lowest BCUT2D eigenvalue weighted by molar-refractivity contribution is 0.0690. The van der Waals surface area contributed by atoms with Gasteiger partial charge in [-0.15, -0.1) is 0 Å². The molecule has 2 N–H and O–H groups in total. The molecule has 0 bridgehead atoms. The maximum Gasteiger partial charge on any atom is 0.354 e. The summed E-state index contributed by atoms with van der Waals surface area (Å²) in [5, 5.41) is 12.4. The minimum absolute atomic E-state index is 0.0490.